The van der Waals surface area contributed by atoms with Crippen LogP contribution in [0, 0.1) is 0 Å². The molecule has 6 heteroatoms. The van der Waals surface area contributed by atoms with Crippen LogP contribution in [0.5, 0.6) is 0 Å². The fourth-order valence-corrected chi connectivity index (χ4v) is 2.11. The Morgan fingerprint density at radius 3 is 2.55 bits per heavy atom. The molecule has 0 bridgehead atoms. The zero-order chi connectivity index (χ0) is 15.8. The highest BCUT2D eigenvalue weighted by Gasteiger charge is 2.08. The van der Waals surface area contributed by atoms with Crippen molar-refractivity contribution in [1.82, 2.24) is 15.3 Å². The number of amides is 1. The van der Waals surface area contributed by atoms with Crippen LogP contribution in [0.1, 0.15) is 42.6 Å². The largest absolute Gasteiger partial charge is 0.481 e. The van der Waals surface area contributed by atoms with Gasteiger partial charge in [0.15, 0.2) is 0 Å². The molecule has 0 spiro atoms. The molecule has 0 aliphatic rings. The lowest BCUT2D eigenvalue weighted by Gasteiger charge is -2.05. The van der Waals surface area contributed by atoms with E-state index in [9.17, 15) is 9.59 Å². The van der Waals surface area contributed by atoms with Gasteiger partial charge in [0.25, 0.3) is 5.91 Å². The van der Waals surface area contributed by atoms with E-state index in [1.807, 2.05) is 24.3 Å². The molecule has 1 heterocycles. The van der Waals surface area contributed by atoms with Crippen LogP contribution in [0.4, 0.5) is 0 Å². The number of nitrogens with zero attached hydrogens (tertiary/aromatic N) is 2. The lowest BCUT2D eigenvalue weighted by atomic mass is 10.1. The van der Waals surface area contributed by atoms with Crippen molar-refractivity contribution >= 4 is 22.9 Å². The topological polar surface area (TPSA) is 92.2 Å². The van der Waals surface area contributed by atoms with Crippen molar-refractivity contribution in [2.45, 2.75) is 32.1 Å². The molecule has 22 heavy (non-hydrogen) atoms. The summed E-state index contributed by atoms with van der Waals surface area (Å²) in [5.74, 6) is -0.994. The highest BCUT2D eigenvalue weighted by molar-refractivity contribution is 5.93. The molecule has 0 radical (unpaired) electrons. The van der Waals surface area contributed by atoms with Crippen molar-refractivity contribution < 1.29 is 14.7 Å². The predicted molar refractivity (Wildman–Crippen MR) is 82.6 cm³/mol. The Balaban J connectivity index is 1.73. The first-order valence-electron chi connectivity index (χ1n) is 7.38. The zero-order valence-electron chi connectivity index (χ0n) is 12.3. The second-order valence-electron chi connectivity index (χ2n) is 5.06. The fourth-order valence-electron chi connectivity index (χ4n) is 2.11. The summed E-state index contributed by atoms with van der Waals surface area (Å²) in [6.07, 6.45) is 4.95. The van der Waals surface area contributed by atoms with Crippen molar-refractivity contribution in [2.75, 3.05) is 6.54 Å². The standard InChI is InChI=1S/C16H19N3O3/c20-15(21)9-3-1-2-6-10-17-16(22)14-11-18-12-7-4-5-8-13(12)19-14/h4-5,7-8,11H,1-3,6,9-10H2,(H,17,22)(H,20,21). The molecule has 116 valence electrons. The van der Waals surface area contributed by atoms with Gasteiger partial charge in [-0.3, -0.25) is 14.6 Å². The Kier molecular flexibility index (Phi) is 5.82. The molecule has 2 N–H and O–H groups in total. The van der Waals surface area contributed by atoms with Gasteiger partial charge in [-0.25, -0.2) is 4.98 Å². The van der Waals surface area contributed by atoms with Crippen molar-refractivity contribution in [1.29, 1.82) is 0 Å². The maximum absolute atomic E-state index is 12.0. The monoisotopic (exact) mass is 301 g/mol. The van der Waals surface area contributed by atoms with E-state index in [0.29, 0.717) is 24.2 Å². The molecule has 0 unspecified atom stereocenters. The van der Waals surface area contributed by atoms with Gasteiger partial charge in [0.2, 0.25) is 0 Å². The first kappa shape index (κ1) is 15.9. The van der Waals surface area contributed by atoms with Gasteiger partial charge in [-0.05, 0) is 25.0 Å². The Morgan fingerprint density at radius 1 is 1.05 bits per heavy atom. The Bertz CT molecular complexity index is 658. The smallest absolute Gasteiger partial charge is 0.303 e. The molecule has 0 saturated heterocycles. The number of unbranched alkanes of at least 4 members (excludes halogenated alkanes) is 3. The van der Waals surface area contributed by atoms with Crippen LogP contribution < -0.4 is 5.32 Å². The van der Waals surface area contributed by atoms with E-state index in [2.05, 4.69) is 15.3 Å². The van der Waals surface area contributed by atoms with Crippen LogP contribution in [-0.4, -0.2) is 33.5 Å². The summed E-state index contributed by atoms with van der Waals surface area (Å²) in [6, 6.07) is 7.40. The van der Waals surface area contributed by atoms with Gasteiger partial charge in [-0.1, -0.05) is 25.0 Å². The van der Waals surface area contributed by atoms with Gasteiger partial charge >= 0.3 is 5.97 Å². The van der Waals surface area contributed by atoms with Gasteiger partial charge in [0.1, 0.15) is 5.69 Å². The van der Waals surface area contributed by atoms with E-state index in [0.717, 1.165) is 24.8 Å². The molecule has 1 aromatic carbocycles. The minimum Gasteiger partial charge on any atom is -0.481 e. The number of carbonyl (C=O) groups excluding carboxylic acids is 1. The van der Waals surface area contributed by atoms with Crippen LogP contribution in [0.25, 0.3) is 11.0 Å². The van der Waals surface area contributed by atoms with Gasteiger partial charge in [0.05, 0.1) is 17.2 Å². The number of aliphatic carboxylic acids is 1. The molecule has 1 aromatic heterocycles. The van der Waals surface area contributed by atoms with Crippen LogP contribution in [0.3, 0.4) is 0 Å². The Morgan fingerprint density at radius 2 is 1.77 bits per heavy atom. The first-order chi connectivity index (χ1) is 10.7. The summed E-state index contributed by atoms with van der Waals surface area (Å²) in [7, 11) is 0. The average Bonchev–Trinajstić information content (AvgIpc) is 2.53. The summed E-state index contributed by atoms with van der Waals surface area (Å²) < 4.78 is 0. The third-order valence-electron chi connectivity index (χ3n) is 3.28. The van der Waals surface area contributed by atoms with Crippen molar-refractivity contribution in [3.05, 3.63) is 36.2 Å². The Labute approximate surface area is 128 Å². The van der Waals surface area contributed by atoms with E-state index in [1.165, 1.54) is 6.20 Å². The number of carboxylic acid groups (broad SMARTS) is 1. The summed E-state index contributed by atoms with van der Waals surface area (Å²) in [4.78, 5) is 30.8. The van der Waals surface area contributed by atoms with Gasteiger partial charge in [-0.2, -0.15) is 0 Å². The highest BCUT2D eigenvalue weighted by atomic mass is 16.4. The second kappa shape index (κ2) is 8.07. The minimum absolute atomic E-state index is 0.207. The normalized spacial score (nSPS) is 10.5. The fraction of sp³-hybridized carbons (Fsp3) is 0.375. The number of nitrogens with one attached hydrogen (secondary N) is 1. The second-order valence-corrected chi connectivity index (χ2v) is 5.06. The molecule has 6 nitrogen and oxygen atoms in total. The zero-order valence-corrected chi connectivity index (χ0v) is 12.3. The first-order valence-corrected chi connectivity index (χ1v) is 7.38. The van der Waals surface area contributed by atoms with E-state index in [4.69, 9.17) is 5.11 Å². The van der Waals surface area contributed by atoms with Gasteiger partial charge in [0, 0.05) is 13.0 Å². The number of benzene rings is 1. The van der Waals surface area contributed by atoms with Crippen LogP contribution in [0.15, 0.2) is 30.5 Å². The molecular formula is C16H19N3O3. The maximum atomic E-state index is 12.0. The molecule has 0 aliphatic heterocycles. The van der Waals surface area contributed by atoms with Gasteiger partial charge < -0.3 is 10.4 Å². The molecule has 2 aromatic rings. The van der Waals surface area contributed by atoms with Crippen molar-refractivity contribution in [3.8, 4) is 0 Å². The SMILES string of the molecule is O=C(O)CCCCCCNC(=O)c1cnc2ccccc2n1. The summed E-state index contributed by atoms with van der Waals surface area (Å²) in [6.45, 7) is 0.556. The molecule has 2 rings (SSSR count). The van der Waals surface area contributed by atoms with E-state index in [-0.39, 0.29) is 12.3 Å². The molecular weight excluding hydrogens is 282 g/mol. The predicted octanol–water partition coefficient (Wildman–Crippen LogP) is 2.39. The third kappa shape index (κ3) is 4.80. The molecule has 0 atom stereocenters. The van der Waals surface area contributed by atoms with E-state index in [1.54, 1.807) is 0 Å². The van der Waals surface area contributed by atoms with Gasteiger partial charge in [-0.15, -0.1) is 0 Å². The number of aromatic nitrogens is 2. The van der Waals surface area contributed by atoms with Crippen LogP contribution in [0.2, 0.25) is 0 Å². The van der Waals surface area contributed by atoms with E-state index < -0.39 is 5.97 Å². The highest BCUT2D eigenvalue weighted by Crippen LogP contribution is 2.08. The quantitative estimate of drug-likeness (QED) is 0.730. The Hall–Kier alpha value is -2.50. The molecule has 0 aliphatic carbocycles. The van der Waals surface area contributed by atoms with E-state index >= 15 is 0 Å². The third-order valence-corrected chi connectivity index (χ3v) is 3.28. The number of carboxylic acids is 1. The summed E-state index contributed by atoms with van der Waals surface area (Å²) in [5, 5.41) is 11.3. The van der Waals surface area contributed by atoms with Crippen LogP contribution >= 0.6 is 0 Å². The number of rotatable bonds is 8. The average molecular weight is 301 g/mol. The molecule has 0 saturated carbocycles. The minimum atomic E-state index is -0.761. The number of fused-ring (bicyclic) bond motifs is 1. The summed E-state index contributed by atoms with van der Waals surface area (Å²) in [5.41, 5.74) is 1.77. The molecule has 1 amide bonds. The van der Waals surface area contributed by atoms with Crippen molar-refractivity contribution in [2.24, 2.45) is 0 Å². The number of para-hydroxylation sites is 2. The molecule has 0 fully saturated rings. The van der Waals surface area contributed by atoms with Crippen LogP contribution in [-0.2, 0) is 4.79 Å². The summed E-state index contributed by atoms with van der Waals surface area (Å²) >= 11 is 0. The lowest BCUT2D eigenvalue weighted by Crippen LogP contribution is -2.25. The number of carbonyl (C=O) groups is 2. The number of hydrogen-bond donors (Lipinski definition) is 2. The number of hydrogen-bond acceptors (Lipinski definition) is 4. The van der Waals surface area contributed by atoms with Crippen molar-refractivity contribution in [3.63, 3.8) is 0 Å². The maximum Gasteiger partial charge on any atom is 0.303 e. The lowest BCUT2D eigenvalue weighted by molar-refractivity contribution is -0.137.